The van der Waals surface area contributed by atoms with Crippen LogP contribution < -0.4 is 0 Å². The van der Waals surface area contributed by atoms with E-state index in [4.69, 9.17) is 0 Å². The Hall–Kier alpha value is -0.780. The Morgan fingerprint density at radius 2 is 1.16 bits per heavy atom. The summed E-state index contributed by atoms with van der Waals surface area (Å²) in [5.74, 6) is 6.27. The second kappa shape index (κ2) is 5.14. The molecule has 0 heteroatoms. The van der Waals surface area contributed by atoms with Gasteiger partial charge in [0.05, 0.1) is 0 Å². The minimum atomic E-state index is 0.354. The third-order valence-electron chi connectivity index (χ3n) is 9.21. The summed E-state index contributed by atoms with van der Waals surface area (Å²) in [6, 6.07) is 0. The van der Waals surface area contributed by atoms with Gasteiger partial charge < -0.3 is 0 Å². The molecule has 0 amide bonds. The number of rotatable bonds is 4. The van der Waals surface area contributed by atoms with Crippen molar-refractivity contribution in [2.75, 3.05) is 0 Å². The first-order valence-electron chi connectivity index (χ1n) is 11.2. The van der Waals surface area contributed by atoms with Gasteiger partial charge in [0.15, 0.2) is 0 Å². The maximum Gasteiger partial charge on any atom is 0.0101 e. The molecule has 0 nitrogen and oxygen atoms in total. The summed E-state index contributed by atoms with van der Waals surface area (Å²) in [7, 11) is 0. The van der Waals surface area contributed by atoms with E-state index in [1.165, 1.54) is 57.8 Å². The fraction of sp³-hybridized carbons (Fsp3) is 0.760. The average Bonchev–Trinajstić information content (AvgIpc) is 3.41. The lowest BCUT2D eigenvalue weighted by Gasteiger charge is -2.44. The molecule has 3 fully saturated rings. The van der Waals surface area contributed by atoms with Crippen LogP contribution in [0.15, 0.2) is 34.9 Å². The van der Waals surface area contributed by atoms with Crippen LogP contribution in [-0.2, 0) is 0 Å². The van der Waals surface area contributed by atoms with E-state index in [2.05, 4.69) is 32.1 Å². The van der Waals surface area contributed by atoms with Crippen molar-refractivity contribution < 1.29 is 0 Å². The first-order chi connectivity index (χ1) is 12.1. The molecule has 134 valence electrons. The van der Waals surface area contributed by atoms with Crippen molar-refractivity contribution in [2.45, 2.75) is 71.6 Å². The van der Waals surface area contributed by atoms with Crippen LogP contribution in [0.5, 0.6) is 0 Å². The molecule has 25 heavy (non-hydrogen) atoms. The Morgan fingerprint density at radius 3 is 1.52 bits per heavy atom. The highest BCUT2D eigenvalue weighted by Gasteiger charge is 2.51. The molecule has 0 N–H and O–H groups in total. The second-order valence-corrected chi connectivity index (χ2v) is 10.9. The van der Waals surface area contributed by atoms with E-state index in [9.17, 15) is 0 Å². The molecule has 0 aliphatic heterocycles. The maximum absolute atomic E-state index is 2.77. The largest absolute Gasteiger partial charge is 0.0813 e. The van der Waals surface area contributed by atoms with Gasteiger partial charge in [-0.05, 0) is 98.7 Å². The number of fused-ring (bicyclic) bond motifs is 6. The lowest BCUT2D eigenvalue weighted by Crippen LogP contribution is -2.34. The fourth-order valence-electron chi connectivity index (χ4n) is 8.20. The molecule has 6 aliphatic carbocycles. The van der Waals surface area contributed by atoms with Gasteiger partial charge in [-0.1, -0.05) is 48.8 Å². The molecule has 0 saturated heterocycles. The second-order valence-electron chi connectivity index (χ2n) is 10.9. The maximum atomic E-state index is 2.77. The summed E-state index contributed by atoms with van der Waals surface area (Å²) in [6.45, 7) is 5.26. The number of allylic oxidation sites excluding steroid dienone is 6. The van der Waals surface area contributed by atoms with E-state index < -0.39 is 0 Å². The lowest BCUT2D eigenvalue weighted by atomic mass is 9.60. The first kappa shape index (κ1) is 15.3. The summed E-state index contributed by atoms with van der Waals surface area (Å²) in [6.07, 6.45) is 21.6. The standard InChI is InChI=1S/C25H34/c1-25(2,23-14-17-5-8-20(23)11-17)24(21-12-15-3-6-18(21)9-15)22-13-16-4-7-19(22)10-16/h12-20,24H,3-11H2,1-2H3. The summed E-state index contributed by atoms with van der Waals surface area (Å²) >= 11 is 0. The zero-order chi connectivity index (χ0) is 16.8. The van der Waals surface area contributed by atoms with Crippen LogP contribution >= 0.6 is 0 Å². The summed E-state index contributed by atoms with van der Waals surface area (Å²) in [5, 5.41) is 0. The Labute approximate surface area is 153 Å². The summed E-state index contributed by atoms with van der Waals surface area (Å²) in [4.78, 5) is 0. The highest BCUT2D eigenvalue weighted by Crippen LogP contribution is 2.62. The van der Waals surface area contributed by atoms with E-state index in [1.54, 1.807) is 0 Å². The molecule has 0 aromatic carbocycles. The van der Waals surface area contributed by atoms with E-state index in [0.717, 1.165) is 41.4 Å². The van der Waals surface area contributed by atoms with Crippen LogP contribution in [0.25, 0.3) is 0 Å². The fourth-order valence-corrected chi connectivity index (χ4v) is 8.20. The zero-order valence-corrected chi connectivity index (χ0v) is 16.1. The van der Waals surface area contributed by atoms with Crippen LogP contribution in [0.1, 0.15) is 71.6 Å². The van der Waals surface area contributed by atoms with Gasteiger partial charge in [0.25, 0.3) is 0 Å². The van der Waals surface area contributed by atoms with Crippen LogP contribution in [0.2, 0.25) is 0 Å². The first-order valence-corrected chi connectivity index (χ1v) is 11.2. The monoisotopic (exact) mass is 334 g/mol. The lowest BCUT2D eigenvalue weighted by molar-refractivity contribution is 0.279. The molecular formula is C25H34. The normalized spacial score (nSPS) is 45.1. The van der Waals surface area contributed by atoms with Crippen LogP contribution in [0.3, 0.4) is 0 Å². The van der Waals surface area contributed by atoms with Gasteiger partial charge in [-0.3, -0.25) is 0 Å². The van der Waals surface area contributed by atoms with E-state index in [1.807, 2.05) is 16.7 Å². The van der Waals surface area contributed by atoms with Crippen molar-refractivity contribution in [3.05, 3.63) is 34.9 Å². The Kier molecular flexibility index (Phi) is 3.15. The minimum Gasteiger partial charge on any atom is -0.0813 e. The van der Waals surface area contributed by atoms with Crippen molar-refractivity contribution in [1.29, 1.82) is 0 Å². The predicted octanol–water partition coefficient (Wildman–Crippen LogP) is 6.70. The summed E-state index contributed by atoms with van der Waals surface area (Å²) in [5.41, 5.74) is 6.00. The van der Waals surface area contributed by atoms with Crippen LogP contribution in [0, 0.1) is 46.8 Å². The topological polar surface area (TPSA) is 0 Å². The average molecular weight is 335 g/mol. The molecule has 3 saturated carbocycles. The van der Waals surface area contributed by atoms with Crippen molar-refractivity contribution in [3.8, 4) is 0 Å². The molecule has 6 unspecified atom stereocenters. The van der Waals surface area contributed by atoms with Gasteiger partial charge in [-0.25, -0.2) is 0 Å². The molecular weight excluding hydrogens is 300 g/mol. The Bertz CT molecular complexity index is 651. The Morgan fingerprint density at radius 1 is 0.680 bits per heavy atom. The molecule has 0 spiro atoms. The summed E-state index contributed by atoms with van der Waals surface area (Å²) < 4.78 is 0. The van der Waals surface area contributed by atoms with Crippen LogP contribution in [-0.4, -0.2) is 0 Å². The smallest absolute Gasteiger partial charge is 0.0101 e. The molecule has 6 rings (SSSR count). The van der Waals surface area contributed by atoms with Gasteiger partial charge in [0.1, 0.15) is 0 Å². The molecule has 0 aromatic rings. The van der Waals surface area contributed by atoms with Crippen molar-refractivity contribution in [3.63, 3.8) is 0 Å². The predicted molar refractivity (Wildman–Crippen MR) is 104 cm³/mol. The van der Waals surface area contributed by atoms with Gasteiger partial charge in [0, 0.05) is 5.92 Å². The molecule has 0 aromatic heterocycles. The number of hydrogen-bond acceptors (Lipinski definition) is 0. The third kappa shape index (κ3) is 2.12. The van der Waals surface area contributed by atoms with Crippen molar-refractivity contribution in [1.82, 2.24) is 0 Å². The quantitative estimate of drug-likeness (QED) is 0.502. The zero-order valence-electron chi connectivity index (χ0n) is 16.1. The van der Waals surface area contributed by atoms with Crippen molar-refractivity contribution >= 4 is 0 Å². The van der Waals surface area contributed by atoms with Gasteiger partial charge in [-0.2, -0.15) is 0 Å². The molecule has 6 bridgehead atoms. The Balaban J connectivity index is 1.43. The molecule has 6 aliphatic rings. The highest BCUT2D eigenvalue weighted by molar-refractivity contribution is 5.41. The SMILES string of the molecule is CC(C)(C1=CC2CCC1C2)C(C1=CC2CCC1C2)C1=CC2CCC1C2. The van der Waals surface area contributed by atoms with Gasteiger partial charge in [0.2, 0.25) is 0 Å². The minimum absolute atomic E-state index is 0.354. The van der Waals surface area contributed by atoms with E-state index >= 15 is 0 Å². The van der Waals surface area contributed by atoms with Crippen LogP contribution in [0.4, 0.5) is 0 Å². The molecule has 6 atom stereocenters. The third-order valence-corrected chi connectivity index (χ3v) is 9.21. The highest BCUT2D eigenvalue weighted by atomic mass is 14.5. The van der Waals surface area contributed by atoms with Crippen molar-refractivity contribution in [2.24, 2.45) is 46.8 Å². The van der Waals surface area contributed by atoms with Gasteiger partial charge >= 0.3 is 0 Å². The van der Waals surface area contributed by atoms with E-state index in [-0.39, 0.29) is 0 Å². The van der Waals surface area contributed by atoms with E-state index in [0.29, 0.717) is 5.41 Å². The molecule has 0 heterocycles. The number of hydrogen-bond donors (Lipinski definition) is 0. The van der Waals surface area contributed by atoms with Gasteiger partial charge in [-0.15, -0.1) is 0 Å². The molecule has 0 radical (unpaired) electrons.